The van der Waals surface area contributed by atoms with E-state index >= 15 is 0 Å². The summed E-state index contributed by atoms with van der Waals surface area (Å²) in [7, 11) is 0. The molecule has 0 aliphatic heterocycles. The van der Waals surface area contributed by atoms with Gasteiger partial charge in [0.05, 0.1) is 11.4 Å². The monoisotopic (exact) mass is 420 g/mol. The summed E-state index contributed by atoms with van der Waals surface area (Å²) in [5.74, 6) is -0.846. The minimum atomic E-state index is -0.428. The highest BCUT2D eigenvalue weighted by Gasteiger charge is 2.09. The van der Waals surface area contributed by atoms with E-state index in [1.807, 2.05) is 0 Å². The van der Waals surface area contributed by atoms with E-state index in [1.54, 1.807) is 30.3 Å². The maximum Gasteiger partial charge on any atom is 0.248 e. The summed E-state index contributed by atoms with van der Waals surface area (Å²) in [5, 5.41) is 7.21. The van der Waals surface area contributed by atoms with E-state index in [2.05, 4.69) is 31.3 Å². The Morgan fingerprint density at radius 2 is 2.12 bits per heavy atom. The highest BCUT2D eigenvalue weighted by atomic mass is 79.9. The van der Waals surface area contributed by atoms with Crippen LogP contribution in [0.3, 0.4) is 0 Å². The molecule has 8 heteroatoms. The number of aromatic nitrogens is 3. The molecule has 1 amide bonds. The van der Waals surface area contributed by atoms with Crippen molar-refractivity contribution in [3.05, 3.63) is 76.0 Å². The van der Waals surface area contributed by atoms with Crippen LogP contribution in [-0.4, -0.2) is 20.7 Å². The first kappa shape index (κ1) is 17.3. The van der Waals surface area contributed by atoms with E-state index in [4.69, 9.17) is 11.6 Å². The zero-order valence-corrected chi connectivity index (χ0v) is 15.0. The third-order valence-electron chi connectivity index (χ3n) is 3.25. The van der Waals surface area contributed by atoms with Gasteiger partial charge in [0.2, 0.25) is 5.91 Å². The van der Waals surface area contributed by atoms with E-state index in [9.17, 15) is 9.18 Å². The van der Waals surface area contributed by atoms with Crippen LogP contribution < -0.4 is 5.32 Å². The van der Waals surface area contributed by atoms with E-state index in [0.717, 1.165) is 4.47 Å². The maximum absolute atomic E-state index is 13.7. The first-order valence-electron chi connectivity index (χ1n) is 7.11. The second kappa shape index (κ2) is 7.58. The van der Waals surface area contributed by atoms with Crippen LogP contribution in [0.5, 0.6) is 0 Å². The molecule has 2 aromatic carbocycles. The standard InChI is InChI=1S/C17H11BrClFN4O/c18-12-2-4-14(20)11(7-12)1-6-17(25)23-15-8-13(19)3-5-16(15)24-10-21-9-22-24/h1-10H,(H,23,25)/b6-1+. The third kappa shape index (κ3) is 4.32. The van der Waals surface area contributed by atoms with Gasteiger partial charge in [-0.3, -0.25) is 4.79 Å². The van der Waals surface area contributed by atoms with Crippen molar-refractivity contribution in [2.75, 3.05) is 5.32 Å². The fourth-order valence-electron chi connectivity index (χ4n) is 2.12. The van der Waals surface area contributed by atoms with Crippen LogP contribution in [0.15, 0.2) is 59.6 Å². The molecule has 1 N–H and O–H groups in total. The normalized spacial score (nSPS) is 11.0. The van der Waals surface area contributed by atoms with Gasteiger partial charge < -0.3 is 5.32 Å². The van der Waals surface area contributed by atoms with Gasteiger partial charge in [0.25, 0.3) is 0 Å². The van der Waals surface area contributed by atoms with Gasteiger partial charge in [-0.1, -0.05) is 27.5 Å². The van der Waals surface area contributed by atoms with Gasteiger partial charge in [0, 0.05) is 21.1 Å². The minimum Gasteiger partial charge on any atom is -0.321 e. The molecular weight excluding hydrogens is 411 g/mol. The Kier molecular flexibility index (Phi) is 5.25. The van der Waals surface area contributed by atoms with Crippen molar-refractivity contribution in [2.45, 2.75) is 0 Å². The molecular formula is C17H11BrClFN4O. The van der Waals surface area contributed by atoms with E-state index in [1.165, 1.54) is 35.6 Å². The molecule has 0 atom stereocenters. The molecule has 0 fully saturated rings. The average Bonchev–Trinajstić information content (AvgIpc) is 3.10. The Morgan fingerprint density at radius 1 is 1.28 bits per heavy atom. The molecule has 126 valence electrons. The number of hydrogen-bond donors (Lipinski definition) is 1. The molecule has 0 saturated heterocycles. The fourth-order valence-corrected chi connectivity index (χ4v) is 2.67. The number of carbonyl (C=O) groups excluding carboxylic acids is 1. The smallest absolute Gasteiger partial charge is 0.248 e. The molecule has 3 rings (SSSR count). The lowest BCUT2D eigenvalue weighted by molar-refractivity contribution is -0.111. The van der Waals surface area contributed by atoms with Gasteiger partial charge in [0.1, 0.15) is 18.5 Å². The van der Waals surface area contributed by atoms with Gasteiger partial charge in [-0.25, -0.2) is 14.1 Å². The van der Waals surface area contributed by atoms with Crippen LogP contribution >= 0.6 is 27.5 Å². The van der Waals surface area contributed by atoms with Crippen molar-refractivity contribution >= 4 is 45.2 Å². The van der Waals surface area contributed by atoms with Crippen molar-refractivity contribution in [2.24, 2.45) is 0 Å². The summed E-state index contributed by atoms with van der Waals surface area (Å²) < 4.78 is 15.9. The summed E-state index contributed by atoms with van der Waals surface area (Å²) in [6.45, 7) is 0. The molecule has 0 unspecified atom stereocenters. The summed E-state index contributed by atoms with van der Waals surface area (Å²) in [5.41, 5.74) is 1.37. The van der Waals surface area contributed by atoms with Crippen molar-refractivity contribution < 1.29 is 9.18 Å². The van der Waals surface area contributed by atoms with Gasteiger partial charge in [-0.15, -0.1) is 0 Å². The third-order valence-corrected chi connectivity index (χ3v) is 3.98. The molecule has 0 aliphatic carbocycles. The molecule has 1 aromatic heterocycles. The van der Waals surface area contributed by atoms with Gasteiger partial charge >= 0.3 is 0 Å². The molecule has 5 nitrogen and oxygen atoms in total. The summed E-state index contributed by atoms with van der Waals surface area (Å²) >= 11 is 9.27. The van der Waals surface area contributed by atoms with Crippen molar-refractivity contribution in [1.82, 2.24) is 14.8 Å². The molecule has 0 bridgehead atoms. The highest BCUT2D eigenvalue weighted by Crippen LogP contribution is 2.24. The Labute approximate surface area is 156 Å². The Balaban J connectivity index is 1.83. The molecule has 0 spiro atoms. The van der Waals surface area contributed by atoms with Gasteiger partial charge in [-0.05, 0) is 42.5 Å². The predicted octanol–water partition coefficient (Wildman–Crippen LogP) is 4.47. The van der Waals surface area contributed by atoms with Crippen molar-refractivity contribution in [3.8, 4) is 5.69 Å². The predicted molar refractivity (Wildman–Crippen MR) is 98.1 cm³/mol. The second-order valence-electron chi connectivity index (χ2n) is 4.99. The van der Waals surface area contributed by atoms with Gasteiger partial charge in [0.15, 0.2) is 0 Å². The first-order valence-corrected chi connectivity index (χ1v) is 8.29. The number of carbonyl (C=O) groups is 1. The molecule has 0 radical (unpaired) electrons. The Morgan fingerprint density at radius 3 is 2.88 bits per heavy atom. The van der Waals surface area contributed by atoms with Crippen molar-refractivity contribution in [3.63, 3.8) is 0 Å². The lowest BCUT2D eigenvalue weighted by atomic mass is 10.2. The van der Waals surface area contributed by atoms with Crippen LogP contribution in [0.4, 0.5) is 10.1 Å². The fraction of sp³-hybridized carbons (Fsp3) is 0. The number of amides is 1. The number of nitrogens with zero attached hydrogens (tertiary/aromatic N) is 3. The highest BCUT2D eigenvalue weighted by molar-refractivity contribution is 9.10. The van der Waals surface area contributed by atoms with E-state index in [-0.39, 0.29) is 0 Å². The summed E-state index contributed by atoms with van der Waals surface area (Å²) in [4.78, 5) is 16.1. The van der Waals surface area contributed by atoms with Gasteiger partial charge in [-0.2, -0.15) is 5.10 Å². The van der Waals surface area contributed by atoms with Crippen LogP contribution in [0.1, 0.15) is 5.56 Å². The Hall–Kier alpha value is -2.51. The van der Waals surface area contributed by atoms with Crippen LogP contribution in [0, 0.1) is 5.82 Å². The first-order chi connectivity index (χ1) is 12.0. The topological polar surface area (TPSA) is 59.8 Å². The summed E-state index contributed by atoms with van der Waals surface area (Å²) in [6.07, 6.45) is 5.54. The number of anilines is 1. The second-order valence-corrected chi connectivity index (χ2v) is 6.34. The molecule has 0 aliphatic rings. The quantitative estimate of drug-likeness (QED) is 0.632. The molecule has 0 saturated carbocycles. The average molecular weight is 422 g/mol. The maximum atomic E-state index is 13.7. The zero-order chi connectivity index (χ0) is 17.8. The zero-order valence-electron chi connectivity index (χ0n) is 12.7. The minimum absolute atomic E-state index is 0.298. The number of benzene rings is 2. The van der Waals surface area contributed by atoms with Crippen molar-refractivity contribution in [1.29, 1.82) is 0 Å². The lowest BCUT2D eigenvalue weighted by Crippen LogP contribution is -2.11. The largest absolute Gasteiger partial charge is 0.321 e. The number of rotatable bonds is 4. The molecule has 25 heavy (non-hydrogen) atoms. The number of nitrogens with one attached hydrogen (secondary N) is 1. The number of hydrogen-bond acceptors (Lipinski definition) is 3. The van der Waals surface area contributed by atoms with Crippen LogP contribution in [-0.2, 0) is 4.79 Å². The lowest BCUT2D eigenvalue weighted by Gasteiger charge is -2.10. The molecule has 1 heterocycles. The number of halogens is 3. The Bertz CT molecular complexity index is 944. The SMILES string of the molecule is O=C(/C=C/c1cc(Br)ccc1F)Nc1cc(Cl)ccc1-n1cncn1. The van der Waals surface area contributed by atoms with Crippen LogP contribution in [0.2, 0.25) is 5.02 Å². The van der Waals surface area contributed by atoms with E-state index < -0.39 is 11.7 Å². The van der Waals surface area contributed by atoms with E-state index in [0.29, 0.717) is 22.0 Å². The summed E-state index contributed by atoms with van der Waals surface area (Å²) in [6, 6.07) is 9.49. The molecule has 3 aromatic rings. The van der Waals surface area contributed by atoms with Crippen LogP contribution in [0.25, 0.3) is 11.8 Å².